The number of fused-ring (bicyclic) bond motifs is 1. The van der Waals surface area contributed by atoms with Gasteiger partial charge in [-0.25, -0.2) is 4.79 Å². The molecule has 3 saturated heterocycles. The number of ether oxygens (including phenoxy) is 2. The highest BCUT2D eigenvalue weighted by Gasteiger charge is 2.66. The minimum atomic E-state index is -4.08. The molecule has 1 unspecified atom stereocenters. The van der Waals surface area contributed by atoms with E-state index in [0.29, 0.717) is 16.1 Å². The minimum absolute atomic E-state index is 0.358. The molecule has 6 atom stereocenters. The van der Waals surface area contributed by atoms with E-state index in [0.717, 1.165) is 12.3 Å². The second-order valence-corrected chi connectivity index (χ2v) is 10.7. The Morgan fingerprint density at radius 2 is 2.07 bits per heavy atom. The fourth-order valence-electron chi connectivity index (χ4n) is 3.17. The van der Waals surface area contributed by atoms with Crippen LogP contribution in [0.3, 0.4) is 0 Å². The molecule has 29 heavy (non-hydrogen) atoms. The smallest absolute Gasteiger partial charge is 0.378 e. The molecule has 3 aliphatic heterocycles. The SMILES string of the molecule is CO[C@@H]1CSSC[C@H]1O[P]1(O)OC[C@H]2O[C@@H](n3ccc(=O)[nH]c3=O)C(F)(F)[C@@H]2O1. The summed E-state index contributed by atoms with van der Waals surface area (Å²) in [5.41, 5.74) is -1.78. The van der Waals surface area contributed by atoms with Crippen LogP contribution in [0.25, 0.3) is 0 Å². The van der Waals surface area contributed by atoms with Gasteiger partial charge in [-0.15, -0.1) is 0 Å². The molecule has 0 spiro atoms. The molecule has 1 aromatic heterocycles. The summed E-state index contributed by atoms with van der Waals surface area (Å²) >= 11 is 0. The molecule has 4 rings (SSSR count). The number of alkyl halides is 2. The number of nitrogens with one attached hydrogen (secondary N) is 1. The van der Waals surface area contributed by atoms with Gasteiger partial charge in [-0.1, -0.05) is 21.6 Å². The molecule has 0 amide bonds. The highest BCUT2D eigenvalue weighted by Crippen LogP contribution is 2.66. The Kier molecular flexibility index (Phi) is 6.10. The summed E-state index contributed by atoms with van der Waals surface area (Å²) in [4.78, 5) is 35.6. The molecular weight excluding hydrogens is 457 g/mol. The van der Waals surface area contributed by atoms with Gasteiger partial charge < -0.3 is 14.4 Å². The molecule has 0 bridgehead atoms. The van der Waals surface area contributed by atoms with Crippen LogP contribution in [0.15, 0.2) is 21.9 Å². The summed E-state index contributed by atoms with van der Waals surface area (Å²) in [5.74, 6) is -2.66. The number of hydrogen-bond donors (Lipinski definition) is 2. The second-order valence-electron chi connectivity index (χ2n) is 6.50. The van der Waals surface area contributed by atoms with Crippen LogP contribution in [0.5, 0.6) is 0 Å². The molecule has 0 saturated carbocycles. The van der Waals surface area contributed by atoms with Gasteiger partial charge in [-0.05, 0) is 0 Å². The van der Waals surface area contributed by atoms with Crippen molar-refractivity contribution in [2.75, 3.05) is 25.2 Å². The van der Waals surface area contributed by atoms with Crippen molar-refractivity contribution in [2.24, 2.45) is 0 Å². The monoisotopic (exact) mass is 475 g/mol. The van der Waals surface area contributed by atoms with E-state index in [4.69, 9.17) is 23.0 Å². The molecule has 163 valence electrons. The summed E-state index contributed by atoms with van der Waals surface area (Å²) in [5, 5.41) is 0. The lowest BCUT2D eigenvalue weighted by molar-refractivity contribution is -0.143. The summed E-state index contributed by atoms with van der Waals surface area (Å²) in [6.07, 6.45) is -5.23. The summed E-state index contributed by atoms with van der Waals surface area (Å²) < 4.78 is 57.3. The van der Waals surface area contributed by atoms with Crippen LogP contribution in [0, 0.1) is 0 Å². The van der Waals surface area contributed by atoms with E-state index in [-0.39, 0.29) is 6.10 Å². The maximum Gasteiger partial charge on any atom is 0.378 e. The van der Waals surface area contributed by atoms with Crippen LogP contribution >= 0.6 is 29.8 Å². The first-order chi connectivity index (χ1) is 13.7. The van der Waals surface area contributed by atoms with Gasteiger partial charge in [-0.3, -0.25) is 27.9 Å². The molecular formula is C14H18F2N2O8PS2. The van der Waals surface area contributed by atoms with E-state index in [2.05, 4.69) is 0 Å². The van der Waals surface area contributed by atoms with Crippen molar-refractivity contribution in [1.29, 1.82) is 0 Å². The number of methoxy groups -OCH3 is 1. The van der Waals surface area contributed by atoms with E-state index in [1.807, 2.05) is 4.98 Å². The van der Waals surface area contributed by atoms with Gasteiger partial charge in [0.05, 0.1) is 12.7 Å². The predicted molar refractivity (Wildman–Crippen MR) is 101 cm³/mol. The second kappa shape index (κ2) is 8.17. The van der Waals surface area contributed by atoms with Gasteiger partial charge in [0, 0.05) is 30.9 Å². The average molecular weight is 475 g/mol. The number of halogens is 2. The van der Waals surface area contributed by atoms with Gasteiger partial charge in [-0.2, -0.15) is 8.78 Å². The third kappa shape index (κ3) is 4.14. The maximum atomic E-state index is 15.0. The molecule has 15 heteroatoms. The third-order valence-corrected chi connectivity index (χ3v) is 8.55. The molecule has 1 radical (unpaired) electrons. The van der Waals surface area contributed by atoms with Crippen molar-refractivity contribution in [3.63, 3.8) is 0 Å². The highest BCUT2D eigenvalue weighted by atomic mass is 33.1. The van der Waals surface area contributed by atoms with Crippen LogP contribution in [-0.2, 0) is 23.0 Å². The zero-order valence-electron chi connectivity index (χ0n) is 14.9. The number of H-pyrrole nitrogens is 1. The maximum absolute atomic E-state index is 15.0. The van der Waals surface area contributed by atoms with Crippen molar-refractivity contribution in [1.82, 2.24) is 9.55 Å². The van der Waals surface area contributed by atoms with E-state index in [9.17, 15) is 14.5 Å². The van der Waals surface area contributed by atoms with E-state index < -0.39 is 56.5 Å². The van der Waals surface area contributed by atoms with Crippen LogP contribution in [0.2, 0.25) is 0 Å². The molecule has 4 heterocycles. The summed E-state index contributed by atoms with van der Waals surface area (Å²) in [6, 6.07) is 0.927. The zero-order chi connectivity index (χ0) is 20.8. The molecule has 0 aromatic carbocycles. The first-order valence-corrected chi connectivity index (χ1v) is 12.5. The van der Waals surface area contributed by atoms with Gasteiger partial charge >= 0.3 is 19.8 Å². The van der Waals surface area contributed by atoms with E-state index in [1.54, 1.807) is 10.8 Å². The van der Waals surface area contributed by atoms with Crippen molar-refractivity contribution < 1.29 is 36.7 Å². The Morgan fingerprint density at radius 3 is 2.76 bits per heavy atom. The fourth-order valence-corrected chi connectivity index (χ4v) is 7.37. The molecule has 10 nitrogen and oxygen atoms in total. The minimum Gasteiger partial charge on any atom is -0.378 e. The van der Waals surface area contributed by atoms with E-state index in [1.165, 1.54) is 17.9 Å². The first kappa shape index (κ1) is 21.7. The summed E-state index contributed by atoms with van der Waals surface area (Å²) in [7, 11) is 0.480. The normalized spacial score (nSPS) is 39.2. The van der Waals surface area contributed by atoms with Crippen LogP contribution in [-0.4, -0.2) is 70.0 Å². The number of hydrogen-bond acceptors (Lipinski definition) is 10. The largest absolute Gasteiger partial charge is 0.378 e. The highest BCUT2D eigenvalue weighted by molar-refractivity contribution is 8.76. The fraction of sp³-hybridized carbons (Fsp3) is 0.714. The Bertz CT molecular complexity index is 875. The number of aromatic amines is 1. The van der Waals surface area contributed by atoms with Gasteiger partial charge in [0.25, 0.3) is 5.56 Å². The van der Waals surface area contributed by atoms with Crippen molar-refractivity contribution in [3.8, 4) is 0 Å². The van der Waals surface area contributed by atoms with E-state index >= 15 is 8.78 Å². The van der Waals surface area contributed by atoms with Crippen molar-refractivity contribution >= 4 is 29.8 Å². The van der Waals surface area contributed by atoms with Crippen LogP contribution in [0.1, 0.15) is 6.23 Å². The van der Waals surface area contributed by atoms with Gasteiger partial charge in [0.1, 0.15) is 12.2 Å². The molecule has 0 aliphatic carbocycles. The number of aromatic nitrogens is 2. The first-order valence-electron chi connectivity index (χ1n) is 8.48. The zero-order valence-corrected chi connectivity index (χ0v) is 17.5. The van der Waals surface area contributed by atoms with Crippen LogP contribution < -0.4 is 11.2 Å². The Labute approximate surface area is 171 Å². The quantitative estimate of drug-likeness (QED) is 0.481. The standard InChI is InChI=1S/C14H18F2N2O8PS2/c1-22-8-5-28-29-6-9(8)25-27(21)23-4-7-11(26-27)14(15,16)12(24-7)18-3-2-10(19)17-13(18)20/h2-3,7-9,11-12,21H,4-6H2,1H3,(H,17,19,20)/t7-,8-,9-,11-,12-/m1/s1. The molecule has 1 aromatic rings. The Morgan fingerprint density at radius 1 is 1.34 bits per heavy atom. The predicted octanol–water partition coefficient (Wildman–Crippen LogP) is 0.950. The van der Waals surface area contributed by atoms with Gasteiger partial charge in [0.2, 0.25) is 6.23 Å². The summed E-state index contributed by atoms with van der Waals surface area (Å²) in [6.45, 7) is -0.411. The Balaban J connectivity index is 1.54. The van der Waals surface area contributed by atoms with Crippen molar-refractivity contribution in [3.05, 3.63) is 33.1 Å². The van der Waals surface area contributed by atoms with Crippen LogP contribution in [0.4, 0.5) is 8.78 Å². The number of rotatable bonds is 4. The molecule has 3 fully saturated rings. The average Bonchev–Trinajstić information content (AvgIpc) is 2.92. The molecule has 3 aliphatic rings. The topological polar surface area (TPSA) is 121 Å². The number of nitrogens with zero attached hydrogens (tertiary/aromatic N) is 1. The van der Waals surface area contributed by atoms with Crippen molar-refractivity contribution in [2.45, 2.75) is 36.6 Å². The lowest BCUT2D eigenvalue weighted by Crippen LogP contribution is -2.47. The lowest BCUT2D eigenvalue weighted by atomic mass is 10.1. The lowest BCUT2D eigenvalue weighted by Gasteiger charge is -2.41. The Hall–Kier alpha value is -0.570. The van der Waals surface area contributed by atoms with Gasteiger partial charge in [0.15, 0.2) is 6.10 Å². The molecule has 2 N–H and O–H groups in total. The third-order valence-electron chi connectivity index (χ3n) is 4.64.